The molecule has 0 saturated carbocycles. The van der Waals surface area contributed by atoms with Gasteiger partial charge in [0.25, 0.3) is 5.91 Å². The molecule has 246 valence electrons. The fraction of sp³-hybridized carbons (Fsp3) is 0.429. The van der Waals surface area contributed by atoms with Crippen molar-refractivity contribution in [2.75, 3.05) is 43.1 Å². The van der Waals surface area contributed by atoms with Gasteiger partial charge in [0.1, 0.15) is 11.9 Å². The maximum absolute atomic E-state index is 13.7. The molecule has 0 fully saturated rings. The first-order valence-corrected chi connectivity index (χ1v) is 15.9. The Kier molecular flexibility index (Phi) is 12.5. The molecule has 3 aromatic rings. The number of hydrogen-bond acceptors (Lipinski definition) is 8. The monoisotopic (exact) mass is 630 g/mol. The Morgan fingerprint density at radius 2 is 1.76 bits per heavy atom. The molecule has 2 heterocycles. The Bertz CT molecular complexity index is 1470. The molecule has 0 radical (unpaired) electrons. The van der Waals surface area contributed by atoms with E-state index in [4.69, 9.17) is 10.5 Å². The molecule has 0 spiro atoms. The number of likely N-dealkylation sites (N-methyl/N-ethyl adjacent to an activating group) is 1. The van der Waals surface area contributed by atoms with Crippen LogP contribution in [0.15, 0.2) is 67.0 Å². The standard InChI is InChI=1S/C35H46N6O5/c1-24-20-41(25(2)23-42)35(45)28-19-27(13-14-31(28)46-32(24)22-40(3)21-26-15-17-37-18-16-26)38-33(43)11-5-4-6-12-34(44)39-30-10-8-7-9-29(30)36/h7-10,13-19,24-25,32,42H,4-6,11-12,20-23,36H2,1-3H3,(H,38,43)(H,39,44)/t24-,25-,32+/m0/s1. The van der Waals surface area contributed by atoms with Crippen molar-refractivity contribution < 1.29 is 24.2 Å². The number of benzene rings is 2. The SMILES string of the molecule is C[C@H]1CN([C@@H](C)CO)C(=O)c2cc(NC(=O)CCCCCC(=O)Nc3ccccc3N)ccc2O[C@@H]1CN(C)Cc1ccncc1. The van der Waals surface area contributed by atoms with Crippen molar-refractivity contribution in [1.29, 1.82) is 0 Å². The number of rotatable bonds is 14. The van der Waals surface area contributed by atoms with Crippen LogP contribution in [0.1, 0.15) is 61.9 Å². The largest absolute Gasteiger partial charge is 0.488 e. The lowest BCUT2D eigenvalue weighted by Gasteiger charge is -2.38. The van der Waals surface area contributed by atoms with Gasteiger partial charge in [0, 0.05) is 56.5 Å². The summed E-state index contributed by atoms with van der Waals surface area (Å²) < 4.78 is 6.49. The number of anilines is 3. The van der Waals surface area contributed by atoms with E-state index in [0.29, 0.717) is 67.1 Å². The molecule has 1 aromatic heterocycles. The van der Waals surface area contributed by atoms with Crippen molar-refractivity contribution in [3.8, 4) is 5.75 Å². The summed E-state index contributed by atoms with van der Waals surface area (Å²) in [5, 5.41) is 15.7. The minimum absolute atomic E-state index is 0.00656. The van der Waals surface area contributed by atoms with E-state index in [0.717, 1.165) is 12.1 Å². The van der Waals surface area contributed by atoms with Gasteiger partial charge in [-0.05, 0) is 74.8 Å². The quantitative estimate of drug-likeness (QED) is 0.150. The van der Waals surface area contributed by atoms with Crippen molar-refractivity contribution in [3.05, 3.63) is 78.1 Å². The smallest absolute Gasteiger partial charge is 0.258 e. The van der Waals surface area contributed by atoms with Gasteiger partial charge < -0.3 is 31.1 Å². The lowest BCUT2D eigenvalue weighted by atomic mass is 9.99. The van der Waals surface area contributed by atoms with Crippen LogP contribution in [0.3, 0.4) is 0 Å². The maximum Gasteiger partial charge on any atom is 0.258 e. The van der Waals surface area contributed by atoms with Crippen molar-refractivity contribution in [1.82, 2.24) is 14.8 Å². The van der Waals surface area contributed by atoms with E-state index in [1.54, 1.807) is 47.6 Å². The Balaban J connectivity index is 1.35. The van der Waals surface area contributed by atoms with Gasteiger partial charge in [-0.3, -0.25) is 24.3 Å². The number of aliphatic hydroxyl groups excluding tert-OH is 1. The fourth-order valence-electron chi connectivity index (χ4n) is 5.48. The zero-order valence-corrected chi connectivity index (χ0v) is 26.9. The number of nitrogens with two attached hydrogens (primary N) is 1. The molecule has 0 unspecified atom stereocenters. The summed E-state index contributed by atoms with van der Waals surface area (Å²) in [7, 11) is 2.03. The Hall–Kier alpha value is -4.48. The van der Waals surface area contributed by atoms with Gasteiger partial charge in [-0.25, -0.2) is 0 Å². The first-order chi connectivity index (χ1) is 22.1. The van der Waals surface area contributed by atoms with Crippen LogP contribution in [-0.2, 0) is 16.1 Å². The molecule has 0 saturated heterocycles. The Labute approximate surface area is 271 Å². The third kappa shape index (κ3) is 9.76. The molecule has 3 amide bonds. The minimum atomic E-state index is -0.388. The summed E-state index contributed by atoms with van der Waals surface area (Å²) in [4.78, 5) is 46.7. The average molecular weight is 631 g/mol. The highest BCUT2D eigenvalue weighted by atomic mass is 16.5. The number of unbranched alkanes of at least 4 members (excludes halogenated alkanes) is 2. The van der Waals surface area contributed by atoms with Crippen LogP contribution < -0.4 is 21.1 Å². The van der Waals surface area contributed by atoms with Crippen LogP contribution in [0.4, 0.5) is 17.1 Å². The van der Waals surface area contributed by atoms with E-state index in [2.05, 4.69) is 27.4 Å². The third-order valence-corrected chi connectivity index (χ3v) is 8.18. The van der Waals surface area contributed by atoms with Crippen LogP contribution in [0.25, 0.3) is 0 Å². The van der Waals surface area contributed by atoms with Crippen molar-refractivity contribution in [2.24, 2.45) is 5.92 Å². The summed E-state index contributed by atoms with van der Waals surface area (Å²) in [6, 6.07) is 15.8. The number of aliphatic hydroxyl groups is 1. The number of carbonyl (C=O) groups excluding carboxylic acids is 3. The van der Waals surface area contributed by atoms with Crippen LogP contribution in [0, 0.1) is 5.92 Å². The molecule has 11 heteroatoms. The van der Waals surface area contributed by atoms with Gasteiger partial charge in [0.15, 0.2) is 0 Å². The molecule has 3 atom stereocenters. The Morgan fingerprint density at radius 3 is 2.46 bits per heavy atom. The van der Waals surface area contributed by atoms with Gasteiger partial charge in [-0.1, -0.05) is 25.5 Å². The van der Waals surface area contributed by atoms with E-state index in [1.807, 2.05) is 38.2 Å². The lowest BCUT2D eigenvalue weighted by molar-refractivity contribution is -0.116. The fourth-order valence-corrected chi connectivity index (χ4v) is 5.48. The van der Waals surface area contributed by atoms with Crippen molar-refractivity contribution in [2.45, 2.75) is 64.6 Å². The lowest BCUT2D eigenvalue weighted by Crippen LogP contribution is -2.49. The number of para-hydroxylation sites is 2. The number of nitrogen functional groups attached to an aromatic ring is 1. The maximum atomic E-state index is 13.7. The molecule has 46 heavy (non-hydrogen) atoms. The number of aromatic nitrogens is 1. The zero-order valence-electron chi connectivity index (χ0n) is 26.9. The predicted octanol–water partition coefficient (Wildman–Crippen LogP) is 4.54. The molecule has 4 rings (SSSR count). The first-order valence-electron chi connectivity index (χ1n) is 15.9. The summed E-state index contributed by atoms with van der Waals surface area (Å²) >= 11 is 0. The van der Waals surface area contributed by atoms with Crippen molar-refractivity contribution in [3.63, 3.8) is 0 Å². The van der Waals surface area contributed by atoms with Crippen LogP contribution in [0.5, 0.6) is 5.75 Å². The normalized spacial score (nSPS) is 17.0. The number of fused-ring (bicyclic) bond motifs is 1. The van der Waals surface area contributed by atoms with E-state index < -0.39 is 0 Å². The number of nitrogens with zero attached hydrogens (tertiary/aromatic N) is 3. The van der Waals surface area contributed by atoms with E-state index in [1.165, 1.54) is 0 Å². The molecule has 5 N–H and O–H groups in total. The molecule has 2 aromatic carbocycles. The molecule has 0 bridgehead atoms. The molecular weight excluding hydrogens is 584 g/mol. The van der Waals surface area contributed by atoms with E-state index in [9.17, 15) is 19.5 Å². The third-order valence-electron chi connectivity index (χ3n) is 8.18. The number of carbonyl (C=O) groups is 3. The second kappa shape index (κ2) is 16.7. The summed E-state index contributed by atoms with van der Waals surface area (Å²) in [5.74, 6) is -0.101. The zero-order chi connectivity index (χ0) is 33.1. The minimum Gasteiger partial charge on any atom is -0.488 e. The molecular formula is C35H46N6O5. The number of hydrogen-bond donors (Lipinski definition) is 4. The number of amides is 3. The van der Waals surface area contributed by atoms with E-state index >= 15 is 0 Å². The topological polar surface area (TPSA) is 150 Å². The molecule has 1 aliphatic heterocycles. The van der Waals surface area contributed by atoms with Gasteiger partial charge in [0.2, 0.25) is 11.8 Å². The average Bonchev–Trinajstić information content (AvgIpc) is 3.04. The van der Waals surface area contributed by atoms with Crippen LogP contribution in [-0.4, -0.2) is 76.5 Å². The van der Waals surface area contributed by atoms with Gasteiger partial charge >= 0.3 is 0 Å². The van der Waals surface area contributed by atoms with Crippen LogP contribution >= 0.6 is 0 Å². The predicted molar refractivity (Wildman–Crippen MR) is 179 cm³/mol. The number of nitrogens with one attached hydrogen (secondary N) is 2. The molecule has 0 aliphatic carbocycles. The van der Waals surface area contributed by atoms with Crippen molar-refractivity contribution >= 4 is 34.8 Å². The van der Waals surface area contributed by atoms with Gasteiger partial charge in [-0.15, -0.1) is 0 Å². The van der Waals surface area contributed by atoms with E-state index in [-0.39, 0.29) is 48.8 Å². The summed E-state index contributed by atoms with van der Waals surface area (Å²) in [6.07, 6.45) is 5.92. The summed E-state index contributed by atoms with van der Waals surface area (Å²) in [6.45, 7) is 5.47. The number of ether oxygens (including phenoxy) is 1. The summed E-state index contributed by atoms with van der Waals surface area (Å²) in [5.41, 5.74) is 8.98. The molecule has 11 nitrogen and oxygen atoms in total. The number of pyridine rings is 1. The first kappa shape index (κ1) is 34.4. The van der Waals surface area contributed by atoms with Gasteiger partial charge in [0.05, 0.1) is 29.6 Å². The Morgan fingerprint density at radius 1 is 1.07 bits per heavy atom. The second-order valence-corrected chi connectivity index (χ2v) is 12.1. The highest BCUT2D eigenvalue weighted by molar-refractivity contribution is 6.00. The second-order valence-electron chi connectivity index (χ2n) is 12.1. The van der Waals surface area contributed by atoms with Gasteiger partial charge in [-0.2, -0.15) is 0 Å². The molecule has 1 aliphatic rings. The highest BCUT2D eigenvalue weighted by Gasteiger charge is 2.33. The highest BCUT2D eigenvalue weighted by Crippen LogP contribution is 2.31. The van der Waals surface area contributed by atoms with Crippen LogP contribution in [0.2, 0.25) is 0 Å².